The summed E-state index contributed by atoms with van der Waals surface area (Å²) >= 11 is 0. The van der Waals surface area contributed by atoms with Crippen LogP contribution >= 0.6 is 0 Å². The zero-order valence-electron chi connectivity index (χ0n) is 11.4. The van der Waals surface area contributed by atoms with Crippen LogP contribution in [0.15, 0.2) is 12.5 Å². The number of imidazole rings is 1. The Morgan fingerprint density at radius 1 is 1.39 bits per heavy atom. The standard InChI is InChI=1S/C14H25N3O/c1-17-12-16-11-13(17)10-15-8-5-9-18-14-6-3-2-4-7-14/h11-12,14-15H,2-10H2,1H3. The third-order valence-electron chi connectivity index (χ3n) is 3.63. The fraction of sp³-hybridized carbons (Fsp3) is 0.786. The Bertz CT molecular complexity index is 332. The summed E-state index contributed by atoms with van der Waals surface area (Å²) in [5.74, 6) is 0. The molecule has 4 heteroatoms. The molecular formula is C14H25N3O. The van der Waals surface area contributed by atoms with E-state index in [9.17, 15) is 0 Å². The highest BCUT2D eigenvalue weighted by atomic mass is 16.5. The maximum Gasteiger partial charge on any atom is 0.0945 e. The topological polar surface area (TPSA) is 39.1 Å². The van der Waals surface area contributed by atoms with E-state index < -0.39 is 0 Å². The Morgan fingerprint density at radius 3 is 2.94 bits per heavy atom. The molecule has 4 nitrogen and oxygen atoms in total. The highest BCUT2D eigenvalue weighted by molar-refractivity contribution is 4.96. The average molecular weight is 251 g/mol. The molecule has 1 saturated carbocycles. The molecule has 0 radical (unpaired) electrons. The summed E-state index contributed by atoms with van der Waals surface area (Å²) in [5.41, 5.74) is 1.23. The fourth-order valence-electron chi connectivity index (χ4n) is 2.45. The lowest BCUT2D eigenvalue weighted by Gasteiger charge is -2.21. The molecule has 2 rings (SSSR count). The van der Waals surface area contributed by atoms with Crippen molar-refractivity contribution >= 4 is 0 Å². The second kappa shape index (κ2) is 7.54. The van der Waals surface area contributed by atoms with Crippen LogP contribution in [0.2, 0.25) is 0 Å². The van der Waals surface area contributed by atoms with Crippen LogP contribution in [0.5, 0.6) is 0 Å². The van der Waals surface area contributed by atoms with Crippen molar-refractivity contribution in [1.82, 2.24) is 14.9 Å². The lowest BCUT2D eigenvalue weighted by Crippen LogP contribution is -2.21. The van der Waals surface area contributed by atoms with Gasteiger partial charge in [0.25, 0.3) is 0 Å². The molecule has 0 aliphatic heterocycles. The number of hydrogen-bond donors (Lipinski definition) is 1. The Kier molecular flexibility index (Phi) is 5.68. The van der Waals surface area contributed by atoms with Crippen molar-refractivity contribution in [2.75, 3.05) is 13.2 Å². The van der Waals surface area contributed by atoms with Crippen molar-refractivity contribution in [3.63, 3.8) is 0 Å². The van der Waals surface area contributed by atoms with E-state index >= 15 is 0 Å². The molecule has 1 aliphatic rings. The van der Waals surface area contributed by atoms with Gasteiger partial charge in [0.15, 0.2) is 0 Å². The second-order valence-electron chi connectivity index (χ2n) is 5.16. The summed E-state index contributed by atoms with van der Waals surface area (Å²) in [4.78, 5) is 4.10. The molecule has 0 spiro atoms. The van der Waals surface area contributed by atoms with Gasteiger partial charge in [-0.05, 0) is 25.8 Å². The summed E-state index contributed by atoms with van der Waals surface area (Å²) in [7, 11) is 2.02. The molecular weight excluding hydrogens is 226 g/mol. The second-order valence-corrected chi connectivity index (χ2v) is 5.16. The van der Waals surface area contributed by atoms with Crippen molar-refractivity contribution in [2.24, 2.45) is 7.05 Å². The summed E-state index contributed by atoms with van der Waals surface area (Å²) in [5, 5.41) is 3.43. The predicted octanol–water partition coefficient (Wildman–Crippen LogP) is 2.25. The monoisotopic (exact) mass is 251 g/mol. The number of aryl methyl sites for hydroxylation is 1. The third-order valence-corrected chi connectivity index (χ3v) is 3.63. The van der Waals surface area contributed by atoms with E-state index in [-0.39, 0.29) is 0 Å². The van der Waals surface area contributed by atoms with Crippen molar-refractivity contribution in [2.45, 2.75) is 51.2 Å². The number of nitrogens with one attached hydrogen (secondary N) is 1. The Morgan fingerprint density at radius 2 is 2.22 bits per heavy atom. The minimum Gasteiger partial charge on any atom is -0.378 e. The van der Waals surface area contributed by atoms with E-state index in [1.165, 1.54) is 37.8 Å². The number of nitrogens with zero attached hydrogens (tertiary/aromatic N) is 2. The third kappa shape index (κ3) is 4.42. The average Bonchev–Trinajstić information content (AvgIpc) is 2.81. The van der Waals surface area contributed by atoms with Gasteiger partial charge in [-0.25, -0.2) is 4.98 Å². The predicted molar refractivity (Wildman–Crippen MR) is 72.4 cm³/mol. The van der Waals surface area contributed by atoms with Crippen LogP contribution in [0.1, 0.15) is 44.2 Å². The van der Waals surface area contributed by atoms with E-state index in [2.05, 4.69) is 10.3 Å². The van der Waals surface area contributed by atoms with Gasteiger partial charge in [0, 0.05) is 26.4 Å². The smallest absolute Gasteiger partial charge is 0.0945 e. The number of aromatic nitrogens is 2. The molecule has 0 amide bonds. The summed E-state index contributed by atoms with van der Waals surface area (Å²) in [6.45, 7) is 2.79. The van der Waals surface area contributed by atoms with Gasteiger partial charge in [0.2, 0.25) is 0 Å². The minimum atomic E-state index is 0.538. The zero-order valence-corrected chi connectivity index (χ0v) is 11.4. The quantitative estimate of drug-likeness (QED) is 0.755. The molecule has 0 atom stereocenters. The van der Waals surface area contributed by atoms with Crippen molar-refractivity contribution in [1.29, 1.82) is 0 Å². The van der Waals surface area contributed by atoms with Gasteiger partial charge in [0.05, 0.1) is 18.1 Å². The molecule has 1 heterocycles. The van der Waals surface area contributed by atoms with E-state index in [1.807, 2.05) is 24.1 Å². The molecule has 0 aromatic carbocycles. The molecule has 0 saturated heterocycles. The molecule has 1 aromatic rings. The highest BCUT2D eigenvalue weighted by Crippen LogP contribution is 2.20. The van der Waals surface area contributed by atoms with Crippen LogP contribution in [0.4, 0.5) is 0 Å². The summed E-state index contributed by atoms with van der Waals surface area (Å²) in [6, 6.07) is 0. The van der Waals surface area contributed by atoms with Crippen molar-refractivity contribution < 1.29 is 4.74 Å². The lowest BCUT2D eigenvalue weighted by molar-refractivity contribution is 0.0273. The first-order valence-electron chi connectivity index (χ1n) is 7.14. The molecule has 1 N–H and O–H groups in total. The first kappa shape index (κ1) is 13.6. The van der Waals surface area contributed by atoms with Crippen LogP contribution in [0.3, 0.4) is 0 Å². The van der Waals surface area contributed by atoms with Crippen LogP contribution in [-0.2, 0) is 18.3 Å². The Balaban J connectivity index is 1.47. The highest BCUT2D eigenvalue weighted by Gasteiger charge is 2.12. The SMILES string of the molecule is Cn1cncc1CNCCCOC1CCCCC1. The van der Waals surface area contributed by atoms with Gasteiger partial charge in [0.1, 0.15) is 0 Å². The van der Waals surface area contributed by atoms with E-state index in [0.717, 1.165) is 26.1 Å². The van der Waals surface area contributed by atoms with Gasteiger partial charge in [-0.1, -0.05) is 19.3 Å². The largest absolute Gasteiger partial charge is 0.378 e. The van der Waals surface area contributed by atoms with Gasteiger partial charge in [-0.3, -0.25) is 0 Å². The minimum absolute atomic E-state index is 0.538. The molecule has 1 aromatic heterocycles. The maximum atomic E-state index is 5.89. The molecule has 0 unspecified atom stereocenters. The Labute approximate surface area is 110 Å². The van der Waals surface area contributed by atoms with Crippen LogP contribution in [0, 0.1) is 0 Å². The molecule has 0 bridgehead atoms. The molecule has 102 valence electrons. The molecule has 1 fully saturated rings. The van der Waals surface area contributed by atoms with E-state index in [1.54, 1.807) is 0 Å². The molecule has 1 aliphatic carbocycles. The normalized spacial score (nSPS) is 17.2. The first-order valence-corrected chi connectivity index (χ1v) is 7.14. The van der Waals surface area contributed by atoms with Gasteiger partial charge in [-0.2, -0.15) is 0 Å². The summed E-state index contributed by atoms with van der Waals surface area (Å²) in [6.07, 6.45) is 12.0. The van der Waals surface area contributed by atoms with Gasteiger partial charge < -0.3 is 14.6 Å². The summed E-state index contributed by atoms with van der Waals surface area (Å²) < 4.78 is 7.93. The van der Waals surface area contributed by atoms with Crippen LogP contribution in [0.25, 0.3) is 0 Å². The van der Waals surface area contributed by atoms with Gasteiger partial charge in [-0.15, -0.1) is 0 Å². The lowest BCUT2D eigenvalue weighted by atomic mass is 9.98. The maximum absolute atomic E-state index is 5.89. The first-order chi connectivity index (χ1) is 8.86. The Hall–Kier alpha value is -0.870. The molecule has 18 heavy (non-hydrogen) atoms. The number of rotatable bonds is 7. The fourth-order valence-corrected chi connectivity index (χ4v) is 2.45. The van der Waals surface area contributed by atoms with E-state index in [4.69, 9.17) is 4.74 Å². The zero-order chi connectivity index (χ0) is 12.6. The van der Waals surface area contributed by atoms with E-state index in [0.29, 0.717) is 6.10 Å². The number of hydrogen-bond acceptors (Lipinski definition) is 3. The van der Waals surface area contributed by atoms with Crippen molar-refractivity contribution in [3.05, 3.63) is 18.2 Å². The van der Waals surface area contributed by atoms with Crippen LogP contribution < -0.4 is 5.32 Å². The van der Waals surface area contributed by atoms with Crippen LogP contribution in [-0.4, -0.2) is 28.8 Å². The number of ether oxygens (including phenoxy) is 1. The van der Waals surface area contributed by atoms with Crippen molar-refractivity contribution in [3.8, 4) is 0 Å². The van der Waals surface area contributed by atoms with Gasteiger partial charge >= 0.3 is 0 Å².